The zero-order chi connectivity index (χ0) is 13.1. The molecule has 0 bridgehead atoms. The van der Waals surface area contributed by atoms with Gasteiger partial charge in [-0.15, -0.1) is 0 Å². The summed E-state index contributed by atoms with van der Waals surface area (Å²) in [6.07, 6.45) is 4.26. The van der Waals surface area contributed by atoms with E-state index in [9.17, 15) is 0 Å². The highest BCUT2D eigenvalue weighted by molar-refractivity contribution is 9.10. The number of anilines is 1. The zero-order valence-electron chi connectivity index (χ0n) is 11.1. The van der Waals surface area contributed by atoms with Crippen LogP contribution < -0.4 is 4.90 Å². The summed E-state index contributed by atoms with van der Waals surface area (Å²) in [5.74, 6) is 1.09. The van der Waals surface area contributed by atoms with Gasteiger partial charge in [-0.1, -0.05) is 0 Å². The molecule has 0 radical (unpaired) electrons. The van der Waals surface area contributed by atoms with E-state index in [1.54, 1.807) is 0 Å². The molecule has 3 heterocycles. The van der Waals surface area contributed by atoms with Gasteiger partial charge >= 0.3 is 0 Å². The average molecular weight is 326 g/mol. The number of hydrogen-bond donors (Lipinski definition) is 0. The fourth-order valence-corrected chi connectivity index (χ4v) is 3.16. The second-order valence-electron chi connectivity index (χ2n) is 5.20. The van der Waals surface area contributed by atoms with E-state index in [0.29, 0.717) is 0 Å². The Labute approximate surface area is 122 Å². The normalized spacial score (nSPS) is 22.7. The first-order chi connectivity index (χ1) is 9.33. The summed E-state index contributed by atoms with van der Waals surface area (Å²) >= 11 is 3.43. The van der Waals surface area contributed by atoms with E-state index in [0.717, 1.165) is 55.7 Å². The molecule has 0 unspecified atom stereocenters. The highest BCUT2D eigenvalue weighted by atomic mass is 79.9. The Morgan fingerprint density at radius 2 is 1.84 bits per heavy atom. The zero-order valence-corrected chi connectivity index (χ0v) is 12.7. The van der Waals surface area contributed by atoms with Crippen molar-refractivity contribution < 1.29 is 4.74 Å². The fraction of sp³-hybridized carbons (Fsp3) is 0.643. The lowest BCUT2D eigenvalue weighted by Crippen LogP contribution is -2.51. The number of pyridine rings is 1. The molecule has 2 saturated heterocycles. The molecule has 5 heteroatoms. The van der Waals surface area contributed by atoms with E-state index in [1.807, 2.05) is 6.20 Å². The minimum Gasteiger partial charge on any atom is -0.381 e. The van der Waals surface area contributed by atoms with Crippen molar-refractivity contribution in [3.05, 3.63) is 22.8 Å². The number of aromatic nitrogens is 1. The Morgan fingerprint density at radius 1 is 1.11 bits per heavy atom. The van der Waals surface area contributed by atoms with Crippen LogP contribution in [-0.4, -0.2) is 55.3 Å². The van der Waals surface area contributed by atoms with Crippen LogP contribution in [0.2, 0.25) is 0 Å². The lowest BCUT2D eigenvalue weighted by Gasteiger charge is -2.41. The summed E-state index contributed by atoms with van der Waals surface area (Å²) < 4.78 is 6.48. The van der Waals surface area contributed by atoms with Crippen LogP contribution in [-0.2, 0) is 4.74 Å². The van der Waals surface area contributed by atoms with Crippen LogP contribution >= 0.6 is 15.9 Å². The predicted molar refractivity (Wildman–Crippen MR) is 79.6 cm³/mol. The number of halogens is 1. The van der Waals surface area contributed by atoms with Gasteiger partial charge in [-0.25, -0.2) is 4.98 Å². The monoisotopic (exact) mass is 325 g/mol. The number of ether oxygens (including phenoxy) is 1. The highest BCUT2D eigenvalue weighted by Gasteiger charge is 2.25. The van der Waals surface area contributed by atoms with E-state index in [2.05, 4.69) is 42.8 Å². The third kappa shape index (κ3) is 3.27. The van der Waals surface area contributed by atoms with Gasteiger partial charge in [0.25, 0.3) is 0 Å². The van der Waals surface area contributed by atoms with Crippen LogP contribution in [0.1, 0.15) is 12.8 Å². The van der Waals surface area contributed by atoms with Crippen LogP contribution in [0, 0.1) is 0 Å². The van der Waals surface area contributed by atoms with Crippen molar-refractivity contribution >= 4 is 21.7 Å². The molecule has 0 amide bonds. The molecule has 104 valence electrons. The summed E-state index contributed by atoms with van der Waals surface area (Å²) in [7, 11) is 0. The standard InChI is InChI=1S/C14H20BrN3O/c15-12-1-2-14(16-11-12)18-7-5-17(6-8-18)13-3-9-19-10-4-13/h1-2,11,13H,3-10H2. The van der Waals surface area contributed by atoms with E-state index >= 15 is 0 Å². The molecule has 0 saturated carbocycles. The molecule has 2 aliphatic heterocycles. The van der Waals surface area contributed by atoms with Gasteiger partial charge < -0.3 is 9.64 Å². The molecule has 2 aliphatic rings. The largest absolute Gasteiger partial charge is 0.381 e. The topological polar surface area (TPSA) is 28.6 Å². The molecular weight excluding hydrogens is 306 g/mol. The van der Waals surface area contributed by atoms with Gasteiger partial charge in [0.15, 0.2) is 0 Å². The molecule has 0 atom stereocenters. The summed E-state index contributed by atoms with van der Waals surface area (Å²) in [5, 5.41) is 0. The lowest BCUT2D eigenvalue weighted by atomic mass is 10.1. The second-order valence-corrected chi connectivity index (χ2v) is 6.12. The molecule has 0 aromatic carbocycles. The minimum absolute atomic E-state index is 0.730. The van der Waals surface area contributed by atoms with Crippen LogP contribution in [0.25, 0.3) is 0 Å². The third-order valence-corrected chi connectivity index (χ3v) is 4.53. The van der Waals surface area contributed by atoms with Gasteiger partial charge in [0, 0.05) is 56.1 Å². The summed E-state index contributed by atoms with van der Waals surface area (Å²) in [6.45, 7) is 6.29. The smallest absolute Gasteiger partial charge is 0.128 e. The maximum absolute atomic E-state index is 5.44. The molecule has 0 spiro atoms. The summed E-state index contributed by atoms with van der Waals surface area (Å²) in [6, 6.07) is 4.88. The van der Waals surface area contributed by atoms with Gasteiger partial charge in [-0.3, -0.25) is 4.90 Å². The molecule has 2 fully saturated rings. The van der Waals surface area contributed by atoms with Crippen molar-refractivity contribution in [2.75, 3.05) is 44.3 Å². The van der Waals surface area contributed by atoms with Crippen LogP contribution in [0.3, 0.4) is 0 Å². The lowest BCUT2D eigenvalue weighted by molar-refractivity contribution is 0.0321. The molecule has 4 nitrogen and oxygen atoms in total. The molecule has 1 aromatic heterocycles. The van der Waals surface area contributed by atoms with E-state index in [1.165, 1.54) is 12.8 Å². The molecule has 3 rings (SSSR count). The Balaban J connectivity index is 1.55. The first kappa shape index (κ1) is 13.3. The van der Waals surface area contributed by atoms with Crippen molar-refractivity contribution in [2.45, 2.75) is 18.9 Å². The highest BCUT2D eigenvalue weighted by Crippen LogP contribution is 2.20. The van der Waals surface area contributed by atoms with Crippen LogP contribution in [0.5, 0.6) is 0 Å². The van der Waals surface area contributed by atoms with Crippen LogP contribution in [0.15, 0.2) is 22.8 Å². The number of hydrogen-bond acceptors (Lipinski definition) is 4. The quantitative estimate of drug-likeness (QED) is 0.833. The van der Waals surface area contributed by atoms with E-state index in [4.69, 9.17) is 4.74 Å². The van der Waals surface area contributed by atoms with Crippen molar-refractivity contribution in [3.63, 3.8) is 0 Å². The Morgan fingerprint density at radius 3 is 2.47 bits per heavy atom. The molecule has 1 aromatic rings. The third-order valence-electron chi connectivity index (χ3n) is 4.06. The number of nitrogens with zero attached hydrogens (tertiary/aromatic N) is 3. The second kappa shape index (κ2) is 6.20. The molecule has 19 heavy (non-hydrogen) atoms. The Hall–Kier alpha value is -0.650. The first-order valence-electron chi connectivity index (χ1n) is 7.01. The van der Waals surface area contributed by atoms with Gasteiger partial charge in [-0.05, 0) is 40.9 Å². The van der Waals surface area contributed by atoms with Gasteiger partial charge in [-0.2, -0.15) is 0 Å². The van der Waals surface area contributed by atoms with Gasteiger partial charge in [0.05, 0.1) is 0 Å². The summed E-state index contributed by atoms with van der Waals surface area (Å²) in [5.41, 5.74) is 0. The van der Waals surface area contributed by atoms with Crippen molar-refractivity contribution in [3.8, 4) is 0 Å². The minimum atomic E-state index is 0.730. The SMILES string of the molecule is Brc1ccc(N2CCN(C3CCOCC3)CC2)nc1. The van der Waals surface area contributed by atoms with Gasteiger partial charge in [0.1, 0.15) is 5.82 Å². The van der Waals surface area contributed by atoms with Crippen molar-refractivity contribution in [1.29, 1.82) is 0 Å². The molecule has 0 aliphatic carbocycles. The van der Waals surface area contributed by atoms with Crippen molar-refractivity contribution in [2.24, 2.45) is 0 Å². The Bertz CT molecular complexity index is 398. The van der Waals surface area contributed by atoms with Crippen LogP contribution in [0.4, 0.5) is 5.82 Å². The number of rotatable bonds is 2. The maximum Gasteiger partial charge on any atom is 0.128 e. The van der Waals surface area contributed by atoms with E-state index < -0.39 is 0 Å². The predicted octanol–water partition coefficient (Wildman–Crippen LogP) is 2.15. The van der Waals surface area contributed by atoms with Gasteiger partial charge in [0.2, 0.25) is 0 Å². The Kier molecular flexibility index (Phi) is 4.35. The number of piperazine rings is 1. The fourth-order valence-electron chi connectivity index (χ4n) is 2.92. The van der Waals surface area contributed by atoms with E-state index in [-0.39, 0.29) is 0 Å². The summed E-state index contributed by atoms with van der Waals surface area (Å²) in [4.78, 5) is 9.48. The average Bonchev–Trinajstić information content (AvgIpc) is 2.49. The molecule has 0 N–H and O–H groups in total. The first-order valence-corrected chi connectivity index (χ1v) is 7.80. The van der Waals surface area contributed by atoms with Crippen molar-refractivity contribution in [1.82, 2.24) is 9.88 Å². The maximum atomic E-state index is 5.44. The molecular formula is C14H20BrN3O.